The van der Waals surface area contributed by atoms with E-state index < -0.39 is 11.3 Å². The number of amides is 3. The smallest absolute Gasteiger partial charge is 0.318 e. The molecule has 2 aromatic rings. The number of hydrogen-bond donors (Lipinski definition) is 2. The van der Waals surface area contributed by atoms with E-state index in [1.54, 1.807) is 17.7 Å². The Balaban J connectivity index is 1.97. The fourth-order valence-corrected chi connectivity index (χ4v) is 5.37. The lowest BCUT2D eigenvalue weighted by Gasteiger charge is -2.19. The maximum absolute atomic E-state index is 12.3. The number of aromatic nitrogens is 2. The summed E-state index contributed by atoms with van der Waals surface area (Å²) in [5, 5.41) is 3.65. The topological polar surface area (TPSA) is 98.0 Å². The Morgan fingerprint density at radius 3 is 2.75 bits per heavy atom. The molecule has 3 N–H and O–H groups in total. The van der Waals surface area contributed by atoms with Crippen molar-refractivity contribution in [1.82, 2.24) is 15.3 Å². The molecular weight excluding hydrogens is 344 g/mol. The summed E-state index contributed by atoms with van der Waals surface area (Å²) in [7, 11) is 0. The molecule has 0 bridgehead atoms. The number of urea groups is 1. The fourth-order valence-electron chi connectivity index (χ4n) is 2.96. The van der Waals surface area contributed by atoms with Crippen LogP contribution in [0.1, 0.15) is 37.1 Å². The number of primary amides is 1. The van der Waals surface area contributed by atoms with Crippen LogP contribution in [0.4, 0.5) is 4.79 Å². The van der Waals surface area contributed by atoms with E-state index in [-0.39, 0.29) is 11.8 Å². The summed E-state index contributed by atoms with van der Waals surface area (Å²) in [4.78, 5) is 34.5. The van der Waals surface area contributed by atoms with Gasteiger partial charge in [0.05, 0.1) is 5.25 Å². The molecule has 3 rings (SSSR count). The Morgan fingerprint density at radius 1 is 1.29 bits per heavy atom. The highest BCUT2D eigenvalue weighted by Crippen LogP contribution is 2.40. The number of nitrogens with two attached hydrogens (primary N) is 1. The van der Waals surface area contributed by atoms with Crippen molar-refractivity contribution in [3.63, 3.8) is 0 Å². The number of carbonyl (C=O) groups is 2. The molecule has 6 nitrogen and oxygen atoms in total. The molecule has 0 saturated heterocycles. The van der Waals surface area contributed by atoms with E-state index in [1.165, 1.54) is 35.0 Å². The molecule has 1 aliphatic rings. The van der Waals surface area contributed by atoms with E-state index in [0.717, 1.165) is 28.1 Å². The van der Waals surface area contributed by atoms with Crippen molar-refractivity contribution in [3.05, 3.63) is 16.8 Å². The van der Waals surface area contributed by atoms with Gasteiger partial charge in [-0.2, -0.15) is 0 Å². The van der Waals surface area contributed by atoms with Crippen LogP contribution in [0.3, 0.4) is 0 Å². The predicted octanol–water partition coefficient (Wildman–Crippen LogP) is 2.88. The van der Waals surface area contributed by atoms with E-state index in [2.05, 4.69) is 15.3 Å². The number of nitrogens with zero attached hydrogens (tertiary/aromatic N) is 2. The summed E-state index contributed by atoms with van der Waals surface area (Å²) >= 11 is 3.12. The largest absolute Gasteiger partial charge is 0.351 e. The van der Waals surface area contributed by atoms with E-state index in [1.807, 2.05) is 13.8 Å². The molecular formula is C16H20N4O2S2. The van der Waals surface area contributed by atoms with Crippen LogP contribution in [-0.4, -0.2) is 27.2 Å². The normalized spacial score (nSPS) is 15.3. The van der Waals surface area contributed by atoms with Gasteiger partial charge in [0.2, 0.25) is 5.91 Å². The van der Waals surface area contributed by atoms with Gasteiger partial charge >= 0.3 is 6.03 Å². The van der Waals surface area contributed by atoms with Crippen LogP contribution in [-0.2, 0) is 17.6 Å². The Morgan fingerprint density at radius 2 is 2.04 bits per heavy atom. The fraction of sp³-hybridized carbons (Fsp3) is 0.500. The van der Waals surface area contributed by atoms with Gasteiger partial charge in [-0.3, -0.25) is 10.1 Å². The molecule has 2 aromatic heterocycles. The molecule has 24 heavy (non-hydrogen) atoms. The van der Waals surface area contributed by atoms with Crippen molar-refractivity contribution in [2.24, 2.45) is 11.7 Å². The highest BCUT2D eigenvalue weighted by atomic mass is 32.2. The van der Waals surface area contributed by atoms with Crippen LogP contribution in [0.5, 0.6) is 0 Å². The van der Waals surface area contributed by atoms with Crippen molar-refractivity contribution in [1.29, 1.82) is 0 Å². The molecule has 0 aliphatic heterocycles. The van der Waals surface area contributed by atoms with E-state index >= 15 is 0 Å². The van der Waals surface area contributed by atoms with Crippen LogP contribution in [0.25, 0.3) is 10.2 Å². The van der Waals surface area contributed by atoms with Gasteiger partial charge in [-0.05, 0) is 37.2 Å². The minimum absolute atomic E-state index is 0.0360. The molecule has 0 radical (unpaired) electrons. The molecule has 0 saturated carbocycles. The average molecular weight is 364 g/mol. The van der Waals surface area contributed by atoms with Gasteiger partial charge in [0.1, 0.15) is 16.2 Å². The van der Waals surface area contributed by atoms with Crippen molar-refractivity contribution in [3.8, 4) is 0 Å². The third kappa shape index (κ3) is 3.39. The number of thiophene rings is 1. The van der Waals surface area contributed by atoms with Crippen LogP contribution >= 0.6 is 23.1 Å². The van der Waals surface area contributed by atoms with Gasteiger partial charge in [0, 0.05) is 10.3 Å². The molecule has 0 spiro atoms. The Kier molecular flexibility index (Phi) is 5.05. The molecule has 0 aromatic carbocycles. The minimum atomic E-state index is -0.827. The second kappa shape index (κ2) is 7.06. The van der Waals surface area contributed by atoms with Crippen LogP contribution < -0.4 is 11.1 Å². The zero-order chi connectivity index (χ0) is 17.3. The second-order valence-corrected chi connectivity index (χ2v) is 8.42. The summed E-state index contributed by atoms with van der Waals surface area (Å²) in [5.74, 6) is -0.341. The Hall–Kier alpha value is -1.67. The highest BCUT2D eigenvalue weighted by Gasteiger charge is 2.28. The quantitative estimate of drug-likeness (QED) is 0.642. The molecule has 8 heteroatoms. The van der Waals surface area contributed by atoms with Gasteiger partial charge in [0.25, 0.3) is 0 Å². The summed E-state index contributed by atoms with van der Waals surface area (Å²) in [6, 6.07) is -0.827. The van der Waals surface area contributed by atoms with Crippen molar-refractivity contribution in [2.45, 2.75) is 49.8 Å². The van der Waals surface area contributed by atoms with Crippen molar-refractivity contribution >= 4 is 45.3 Å². The zero-order valence-corrected chi connectivity index (χ0v) is 15.3. The Bertz CT molecular complexity index is 788. The molecule has 1 aliphatic carbocycles. The summed E-state index contributed by atoms with van der Waals surface area (Å²) < 4.78 is 0. The first-order valence-corrected chi connectivity index (χ1v) is 9.69. The maximum Gasteiger partial charge on any atom is 0.318 e. The molecule has 3 amide bonds. The highest BCUT2D eigenvalue weighted by molar-refractivity contribution is 8.00. The van der Waals surface area contributed by atoms with Crippen LogP contribution in [0, 0.1) is 5.92 Å². The first-order valence-electron chi connectivity index (χ1n) is 7.99. The van der Waals surface area contributed by atoms with E-state index in [0.29, 0.717) is 0 Å². The van der Waals surface area contributed by atoms with E-state index in [4.69, 9.17) is 5.73 Å². The number of carbonyl (C=O) groups excluding carboxylic acids is 2. The number of hydrogen-bond acceptors (Lipinski definition) is 6. The Labute approximate surface area is 148 Å². The number of aryl methyl sites for hydroxylation is 2. The van der Waals surface area contributed by atoms with Crippen molar-refractivity contribution in [2.75, 3.05) is 0 Å². The molecule has 128 valence electrons. The van der Waals surface area contributed by atoms with Gasteiger partial charge in [-0.15, -0.1) is 11.3 Å². The molecule has 2 heterocycles. The third-order valence-electron chi connectivity index (χ3n) is 4.07. The number of fused-ring (bicyclic) bond motifs is 3. The number of imide groups is 1. The predicted molar refractivity (Wildman–Crippen MR) is 96.3 cm³/mol. The number of nitrogens with one attached hydrogen (secondary N) is 1. The van der Waals surface area contributed by atoms with Crippen LogP contribution in [0.15, 0.2) is 11.4 Å². The summed E-state index contributed by atoms with van der Waals surface area (Å²) in [6.07, 6.45) is 6.07. The lowest BCUT2D eigenvalue weighted by Crippen LogP contribution is -2.42. The van der Waals surface area contributed by atoms with Gasteiger partial charge in [0.15, 0.2) is 0 Å². The first kappa shape index (κ1) is 17.2. The maximum atomic E-state index is 12.3. The minimum Gasteiger partial charge on any atom is -0.351 e. The van der Waals surface area contributed by atoms with Gasteiger partial charge in [-0.1, -0.05) is 25.6 Å². The lowest BCUT2D eigenvalue weighted by atomic mass is 9.97. The van der Waals surface area contributed by atoms with Crippen LogP contribution in [0.2, 0.25) is 0 Å². The second-order valence-electron chi connectivity index (χ2n) is 6.21. The SMILES string of the molecule is CC(C)[C@H](Sc1ncnc2sc3c(c12)CCCC3)C(=O)NC(N)=O. The molecule has 1 atom stereocenters. The summed E-state index contributed by atoms with van der Waals surface area (Å²) in [6.45, 7) is 3.89. The third-order valence-corrected chi connectivity index (χ3v) is 6.81. The number of thioether (sulfide) groups is 1. The monoisotopic (exact) mass is 364 g/mol. The molecule has 0 fully saturated rings. The van der Waals surface area contributed by atoms with Crippen molar-refractivity contribution < 1.29 is 9.59 Å². The first-order chi connectivity index (χ1) is 11.5. The van der Waals surface area contributed by atoms with Gasteiger partial charge < -0.3 is 5.73 Å². The standard InChI is InChI=1S/C16H20N4O2S2/c1-8(2)12(13(21)20-16(17)22)24-15-11-9-5-3-4-6-10(9)23-14(11)18-7-19-15/h7-8,12H,3-6H2,1-2H3,(H3,17,20,21,22)/t12-/m0/s1. The zero-order valence-electron chi connectivity index (χ0n) is 13.7. The molecule has 0 unspecified atom stereocenters. The summed E-state index contributed by atoms with van der Waals surface area (Å²) in [5.41, 5.74) is 6.42. The number of rotatable bonds is 4. The van der Waals surface area contributed by atoms with Gasteiger partial charge in [-0.25, -0.2) is 14.8 Å². The lowest BCUT2D eigenvalue weighted by molar-refractivity contribution is -0.120. The average Bonchev–Trinajstić information content (AvgIpc) is 2.90. The van der Waals surface area contributed by atoms with E-state index in [9.17, 15) is 9.59 Å².